The third kappa shape index (κ3) is 2.98. The molecular weight excluding hydrogens is 250 g/mol. The summed E-state index contributed by atoms with van der Waals surface area (Å²) in [5, 5.41) is 14.9. The zero-order chi connectivity index (χ0) is 13.8. The summed E-state index contributed by atoms with van der Waals surface area (Å²) in [4.78, 5) is 0. The molecule has 5 heteroatoms. The van der Waals surface area contributed by atoms with Gasteiger partial charge in [0.15, 0.2) is 0 Å². The van der Waals surface area contributed by atoms with Crippen molar-refractivity contribution in [2.24, 2.45) is 5.92 Å². The van der Waals surface area contributed by atoms with Crippen molar-refractivity contribution in [3.8, 4) is 5.69 Å². The van der Waals surface area contributed by atoms with E-state index in [1.807, 2.05) is 12.1 Å². The van der Waals surface area contributed by atoms with Crippen LogP contribution in [0.5, 0.6) is 0 Å². The Morgan fingerprint density at radius 3 is 2.85 bits per heavy atom. The number of nitrogens with zero attached hydrogens (tertiary/aromatic N) is 4. The van der Waals surface area contributed by atoms with Gasteiger partial charge < -0.3 is 5.32 Å². The van der Waals surface area contributed by atoms with Crippen molar-refractivity contribution in [1.29, 1.82) is 0 Å². The van der Waals surface area contributed by atoms with E-state index < -0.39 is 0 Å². The fraction of sp³-hybridized carbons (Fsp3) is 0.533. The summed E-state index contributed by atoms with van der Waals surface area (Å²) in [6.45, 7) is 2.29. The maximum Gasteiger partial charge on any atom is 0.143 e. The number of anilines is 1. The first kappa shape index (κ1) is 13.1. The van der Waals surface area contributed by atoms with Crippen molar-refractivity contribution < 1.29 is 0 Å². The molecule has 0 amide bonds. The van der Waals surface area contributed by atoms with Crippen molar-refractivity contribution in [3.63, 3.8) is 0 Å². The molecule has 0 saturated heterocycles. The van der Waals surface area contributed by atoms with Gasteiger partial charge in [-0.25, -0.2) is 4.68 Å². The third-order valence-electron chi connectivity index (χ3n) is 4.21. The van der Waals surface area contributed by atoms with Gasteiger partial charge in [-0.05, 0) is 54.3 Å². The predicted molar refractivity (Wildman–Crippen MR) is 78.8 cm³/mol. The molecule has 0 radical (unpaired) electrons. The monoisotopic (exact) mass is 271 g/mol. The van der Waals surface area contributed by atoms with Crippen LogP contribution in [0.15, 0.2) is 30.6 Å². The van der Waals surface area contributed by atoms with Crippen LogP contribution in [0.4, 0.5) is 5.69 Å². The maximum atomic E-state index is 3.92. The van der Waals surface area contributed by atoms with Crippen molar-refractivity contribution in [3.05, 3.63) is 30.6 Å². The maximum absolute atomic E-state index is 3.92. The molecule has 3 rings (SSSR count). The second-order valence-electron chi connectivity index (χ2n) is 5.64. The summed E-state index contributed by atoms with van der Waals surface area (Å²) in [5.74, 6) is 0.792. The van der Waals surface area contributed by atoms with Gasteiger partial charge in [-0.15, -0.1) is 5.10 Å². The topological polar surface area (TPSA) is 55.6 Å². The first-order chi connectivity index (χ1) is 9.83. The molecule has 1 heterocycles. The van der Waals surface area contributed by atoms with Gasteiger partial charge in [-0.2, -0.15) is 0 Å². The number of aromatic nitrogens is 4. The van der Waals surface area contributed by atoms with E-state index in [1.165, 1.54) is 32.1 Å². The zero-order valence-electron chi connectivity index (χ0n) is 11.9. The van der Waals surface area contributed by atoms with Crippen LogP contribution in [0.3, 0.4) is 0 Å². The van der Waals surface area contributed by atoms with E-state index in [1.54, 1.807) is 11.0 Å². The number of benzene rings is 1. The largest absolute Gasteiger partial charge is 0.382 e. The molecular formula is C15H21N5. The summed E-state index contributed by atoms with van der Waals surface area (Å²) in [6, 6.07) is 8.75. The molecule has 1 aromatic carbocycles. The van der Waals surface area contributed by atoms with E-state index in [0.29, 0.717) is 6.04 Å². The van der Waals surface area contributed by atoms with Gasteiger partial charge in [-0.1, -0.05) is 25.3 Å². The Morgan fingerprint density at radius 2 is 2.10 bits per heavy atom. The second-order valence-corrected chi connectivity index (χ2v) is 5.64. The minimum Gasteiger partial charge on any atom is -0.382 e. The lowest BCUT2D eigenvalue weighted by molar-refractivity contribution is 0.328. The highest BCUT2D eigenvalue weighted by molar-refractivity contribution is 5.51. The molecule has 0 bridgehead atoms. The van der Waals surface area contributed by atoms with Crippen LogP contribution in [0.1, 0.15) is 39.0 Å². The average molecular weight is 271 g/mol. The van der Waals surface area contributed by atoms with E-state index in [2.05, 4.69) is 39.9 Å². The molecule has 106 valence electrons. The quantitative estimate of drug-likeness (QED) is 0.928. The van der Waals surface area contributed by atoms with Crippen LogP contribution in [-0.2, 0) is 0 Å². The van der Waals surface area contributed by atoms with Gasteiger partial charge >= 0.3 is 0 Å². The highest BCUT2D eigenvalue weighted by Crippen LogP contribution is 2.28. The van der Waals surface area contributed by atoms with Crippen molar-refractivity contribution in [1.82, 2.24) is 20.2 Å². The molecule has 0 spiro atoms. The van der Waals surface area contributed by atoms with E-state index >= 15 is 0 Å². The van der Waals surface area contributed by atoms with Gasteiger partial charge in [0.2, 0.25) is 0 Å². The molecule has 1 saturated carbocycles. The van der Waals surface area contributed by atoms with Crippen LogP contribution in [0, 0.1) is 5.92 Å². The van der Waals surface area contributed by atoms with Crippen LogP contribution >= 0.6 is 0 Å². The Morgan fingerprint density at radius 1 is 1.25 bits per heavy atom. The van der Waals surface area contributed by atoms with E-state index in [-0.39, 0.29) is 0 Å². The molecule has 1 aliphatic rings. The number of rotatable bonds is 4. The number of hydrogen-bond acceptors (Lipinski definition) is 4. The Bertz CT molecular complexity index is 531. The molecule has 1 N–H and O–H groups in total. The first-order valence-electron chi connectivity index (χ1n) is 7.43. The Balaban J connectivity index is 1.69. The van der Waals surface area contributed by atoms with Crippen LogP contribution in [-0.4, -0.2) is 26.2 Å². The van der Waals surface area contributed by atoms with Gasteiger partial charge in [0.1, 0.15) is 6.33 Å². The van der Waals surface area contributed by atoms with Crippen molar-refractivity contribution in [2.45, 2.75) is 45.1 Å². The summed E-state index contributed by atoms with van der Waals surface area (Å²) >= 11 is 0. The van der Waals surface area contributed by atoms with Crippen LogP contribution in [0.2, 0.25) is 0 Å². The summed E-state index contributed by atoms with van der Waals surface area (Å²) < 4.78 is 1.68. The molecule has 1 unspecified atom stereocenters. The van der Waals surface area contributed by atoms with Gasteiger partial charge in [-0.3, -0.25) is 0 Å². The van der Waals surface area contributed by atoms with Crippen molar-refractivity contribution in [2.75, 3.05) is 5.32 Å². The normalized spacial score (nSPS) is 17.9. The minimum atomic E-state index is 0.513. The molecule has 1 fully saturated rings. The summed E-state index contributed by atoms with van der Waals surface area (Å²) in [6.07, 6.45) is 8.46. The van der Waals surface area contributed by atoms with E-state index in [4.69, 9.17) is 0 Å². The molecule has 2 aromatic rings. The zero-order valence-corrected chi connectivity index (χ0v) is 11.9. The molecule has 5 nitrogen and oxygen atoms in total. The van der Waals surface area contributed by atoms with Crippen LogP contribution in [0.25, 0.3) is 5.69 Å². The highest BCUT2D eigenvalue weighted by Gasteiger charge is 2.19. The number of nitrogens with one attached hydrogen (secondary N) is 1. The Kier molecular flexibility index (Phi) is 3.95. The lowest BCUT2D eigenvalue weighted by atomic mass is 9.84. The Hall–Kier alpha value is -1.91. The third-order valence-corrected chi connectivity index (χ3v) is 4.21. The highest BCUT2D eigenvalue weighted by atomic mass is 15.5. The fourth-order valence-electron chi connectivity index (χ4n) is 3.03. The Labute approximate surface area is 119 Å². The van der Waals surface area contributed by atoms with E-state index in [9.17, 15) is 0 Å². The van der Waals surface area contributed by atoms with Gasteiger partial charge in [0, 0.05) is 11.7 Å². The second kappa shape index (κ2) is 6.03. The molecule has 20 heavy (non-hydrogen) atoms. The van der Waals surface area contributed by atoms with Gasteiger partial charge in [0.05, 0.1) is 5.69 Å². The molecule has 1 aromatic heterocycles. The van der Waals surface area contributed by atoms with Gasteiger partial charge in [0.25, 0.3) is 0 Å². The minimum absolute atomic E-state index is 0.513. The SMILES string of the molecule is CC(Nc1cccc(-n2cnnn2)c1)C1CCCCC1. The number of tetrazole rings is 1. The predicted octanol–water partition coefficient (Wildman–Crippen LogP) is 3.04. The lowest BCUT2D eigenvalue weighted by Crippen LogP contribution is -2.27. The molecule has 1 atom stereocenters. The molecule has 1 aliphatic carbocycles. The van der Waals surface area contributed by atoms with Crippen molar-refractivity contribution >= 4 is 5.69 Å². The summed E-state index contributed by atoms with van der Waals surface area (Å²) in [7, 11) is 0. The standard InChI is InChI=1S/C15H21N5/c1-12(13-6-3-2-4-7-13)17-14-8-5-9-15(10-14)20-11-16-18-19-20/h5,8-13,17H,2-4,6-7H2,1H3. The number of hydrogen-bond donors (Lipinski definition) is 1. The van der Waals surface area contributed by atoms with Crippen LogP contribution < -0.4 is 5.32 Å². The molecule has 0 aliphatic heterocycles. The van der Waals surface area contributed by atoms with E-state index in [0.717, 1.165) is 17.3 Å². The lowest BCUT2D eigenvalue weighted by Gasteiger charge is -2.29. The first-order valence-corrected chi connectivity index (χ1v) is 7.43. The summed E-state index contributed by atoms with van der Waals surface area (Å²) in [5.41, 5.74) is 2.12. The average Bonchev–Trinajstić information content (AvgIpc) is 3.03. The fourth-order valence-corrected chi connectivity index (χ4v) is 3.03. The smallest absolute Gasteiger partial charge is 0.143 e.